The van der Waals surface area contributed by atoms with E-state index >= 15 is 0 Å². The van der Waals surface area contributed by atoms with Gasteiger partial charge >= 0.3 is 0 Å². The number of likely N-dealkylation sites (N-methyl/N-ethyl adjacent to an activating group) is 1. The van der Waals surface area contributed by atoms with E-state index in [1.165, 1.54) is 16.8 Å². The van der Waals surface area contributed by atoms with Crippen LogP contribution in [0.5, 0.6) is 0 Å². The Morgan fingerprint density at radius 3 is 2.47 bits per heavy atom. The highest BCUT2D eigenvalue weighted by molar-refractivity contribution is 5.57. The zero-order chi connectivity index (χ0) is 11.7. The van der Waals surface area contributed by atoms with Gasteiger partial charge < -0.3 is 10.3 Å². The fourth-order valence-electron chi connectivity index (χ4n) is 1.69. The molecule has 0 unspecified atom stereocenters. The van der Waals surface area contributed by atoms with Crippen molar-refractivity contribution in [3.63, 3.8) is 0 Å². The lowest BCUT2D eigenvalue weighted by atomic mass is 10.0. The fraction of sp³-hybridized carbons (Fsp3) is 0.615. The number of hydrogen-bond acceptors (Lipinski definition) is 2. The second kappa shape index (κ2) is 8.27. The summed E-state index contributed by atoms with van der Waals surface area (Å²) in [5.41, 5.74) is 4.02. The summed E-state index contributed by atoms with van der Waals surface area (Å²) < 4.78 is 0. The largest absolute Gasteiger partial charge is 0.388 e. The minimum atomic E-state index is 1.02. The van der Waals surface area contributed by atoms with Crippen molar-refractivity contribution in [3.8, 4) is 0 Å². The van der Waals surface area contributed by atoms with E-state index in [2.05, 4.69) is 37.2 Å². The lowest BCUT2D eigenvalue weighted by molar-refractivity contribution is 0.906. The van der Waals surface area contributed by atoms with Gasteiger partial charge in [-0.3, -0.25) is 0 Å². The van der Waals surface area contributed by atoms with Crippen LogP contribution in [0.1, 0.15) is 40.0 Å². The molecule has 0 aliphatic rings. The van der Waals surface area contributed by atoms with Gasteiger partial charge in [0.15, 0.2) is 0 Å². The van der Waals surface area contributed by atoms with Crippen molar-refractivity contribution >= 4 is 6.21 Å². The van der Waals surface area contributed by atoms with Crippen molar-refractivity contribution in [2.75, 3.05) is 14.1 Å². The van der Waals surface area contributed by atoms with Gasteiger partial charge in [0, 0.05) is 19.8 Å². The number of aliphatic imine (C=N–C) groups is 1. The van der Waals surface area contributed by atoms with Gasteiger partial charge in [-0.15, -0.1) is 0 Å². The van der Waals surface area contributed by atoms with Crippen molar-refractivity contribution < 1.29 is 0 Å². The maximum atomic E-state index is 3.99. The van der Waals surface area contributed by atoms with Gasteiger partial charge in [-0.25, -0.2) is 0 Å². The van der Waals surface area contributed by atoms with Crippen LogP contribution in [-0.4, -0.2) is 20.3 Å². The predicted octanol–water partition coefficient (Wildman–Crippen LogP) is 3.32. The molecule has 2 nitrogen and oxygen atoms in total. The summed E-state index contributed by atoms with van der Waals surface area (Å²) in [7, 11) is 3.81. The molecule has 0 fully saturated rings. The first-order valence-corrected chi connectivity index (χ1v) is 5.62. The van der Waals surface area contributed by atoms with Crippen molar-refractivity contribution in [3.05, 3.63) is 22.9 Å². The maximum absolute atomic E-state index is 3.99. The average Bonchev–Trinajstić information content (AvgIpc) is 2.19. The van der Waals surface area contributed by atoms with E-state index in [1.807, 2.05) is 20.3 Å². The highest BCUT2D eigenvalue weighted by atomic mass is 14.8. The van der Waals surface area contributed by atoms with Gasteiger partial charge in [-0.05, 0) is 50.5 Å². The third kappa shape index (κ3) is 5.40. The van der Waals surface area contributed by atoms with Gasteiger partial charge in [0.1, 0.15) is 0 Å². The molecule has 0 saturated carbocycles. The number of allylic oxidation sites excluding steroid dienone is 3. The quantitative estimate of drug-likeness (QED) is 0.525. The summed E-state index contributed by atoms with van der Waals surface area (Å²) in [6.07, 6.45) is 7.40. The fourth-order valence-corrected chi connectivity index (χ4v) is 1.69. The van der Waals surface area contributed by atoms with Gasteiger partial charge in [0.2, 0.25) is 0 Å². The Labute approximate surface area is 94.2 Å². The zero-order valence-electron chi connectivity index (χ0n) is 10.7. The Hall–Kier alpha value is -1.05. The van der Waals surface area contributed by atoms with Gasteiger partial charge in [0.25, 0.3) is 0 Å². The predicted molar refractivity (Wildman–Crippen MR) is 69.5 cm³/mol. The molecule has 2 heteroatoms. The smallest absolute Gasteiger partial charge is 0.0353 e. The highest BCUT2D eigenvalue weighted by Crippen LogP contribution is 2.15. The van der Waals surface area contributed by atoms with E-state index < -0.39 is 0 Å². The van der Waals surface area contributed by atoms with Crippen LogP contribution in [-0.2, 0) is 0 Å². The summed E-state index contributed by atoms with van der Waals surface area (Å²) in [6, 6.07) is 0. The number of hydrogen-bond donors (Lipinski definition) is 1. The van der Waals surface area contributed by atoms with E-state index in [1.54, 1.807) is 0 Å². The molecule has 0 aliphatic heterocycles. The van der Waals surface area contributed by atoms with Crippen molar-refractivity contribution in [1.82, 2.24) is 5.32 Å². The summed E-state index contributed by atoms with van der Waals surface area (Å²) in [5, 5.41) is 3.28. The van der Waals surface area contributed by atoms with Crippen LogP contribution in [0.4, 0.5) is 0 Å². The minimum absolute atomic E-state index is 1.02. The molecular formula is C13H24N2. The SMILES string of the molecule is CC/C=C(C)\C(NC)=C(\C)CC/C=N/C. The molecule has 0 aliphatic carbocycles. The molecule has 0 atom stereocenters. The second-order valence-electron chi connectivity index (χ2n) is 3.68. The number of nitrogens with one attached hydrogen (secondary N) is 1. The molecule has 0 aromatic rings. The maximum Gasteiger partial charge on any atom is 0.0353 e. The number of nitrogens with zero attached hydrogens (tertiary/aromatic N) is 1. The molecule has 0 spiro atoms. The van der Waals surface area contributed by atoms with Crippen molar-refractivity contribution in [2.45, 2.75) is 40.0 Å². The third-order valence-corrected chi connectivity index (χ3v) is 2.41. The summed E-state index contributed by atoms with van der Waals surface area (Å²) in [5.74, 6) is 0. The molecule has 0 bridgehead atoms. The van der Waals surface area contributed by atoms with E-state index in [0.717, 1.165) is 19.3 Å². The lowest BCUT2D eigenvalue weighted by Crippen LogP contribution is -2.09. The van der Waals surface area contributed by atoms with Crippen LogP contribution in [0.3, 0.4) is 0 Å². The molecule has 0 heterocycles. The molecule has 0 amide bonds. The molecule has 0 rings (SSSR count). The van der Waals surface area contributed by atoms with Gasteiger partial charge in [-0.1, -0.05) is 13.0 Å². The highest BCUT2D eigenvalue weighted by Gasteiger charge is 2.01. The lowest BCUT2D eigenvalue weighted by Gasteiger charge is -2.12. The second-order valence-corrected chi connectivity index (χ2v) is 3.68. The Kier molecular flexibility index (Phi) is 7.69. The monoisotopic (exact) mass is 208 g/mol. The molecule has 15 heavy (non-hydrogen) atoms. The van der Waals surface area contributed by atoms with Gasteiger partial charge in [-0.2, -0.15) is 0 Å². The molecule has 1 N–H and O–H groups in total. The van der Waals surface area contributed by atoms with Crippen LogP contribution < -0.4 is 5.32 Å². The van der Waals surface area contributed by atoms with E-state index in [4.69, 9.17) is 0 Å². The molecule has 86 valence electrons. The Morgan fingerprint density at radius 2 is 2.00 bits per heavy atom. The third-order valence-electron chi connectivity index (χ3n) is 2.41. The normalized spacial score (nSPS) is 14.3. The van der Waals surface area contributed by atoms with Crippen LogP contribution in [0.25, 0.3) is 0 Å². The topological polar surface area (TPSA) is 24.4 Å². The first-order valence-electron chi connectivity index (χ1n) is 5.62. The molecule has 0 aromatic carbocycles. The Balaban J connectivity index is 4.58. The number of rotatable bonds is 6. The summed E-state index contributed by atoms with van der Waals surface area (Å²) in [4.78, 5) is 3.99. The molecule has 0 aromatic heterocycles. The zero-order valence-corrected chi connectivity index (χ0v) is 10.7. The molecule has 0 saturated heterocycles. The van der Waals surface area contributed by atoms with Crippen LogP contribution in [0.2, 0.25) is 0 Å². The Morgan fingerprint density at radius 1 is 1.33 bits per heavy atom. The van der Waals surface area contributed by atoms with E-state index in [9.17, 15) is 0 Å². The van der Waals surface area contributed by atoms with E-state index in [0.29, 0.717) is 0 Å². The summed E-state index contributed by atoms with van der Waals surface area (Å²) >= 11 is 0. The van der Waals surface area contributed by atoms with Crippen LogP contribution in [0, 0.1) is 0 Å². The standard InChI is InChI=1S/C13H24N2/c1-6-8-11(2)13(15-5)12(3)9-7-10-14-4/h8,10,15H,6-7,9H2,1-5H3/b11-8-,13-12+,14-10+. The molecular weight excluding hydrogens is 184 g/mol. The van der Waals surface area contributed by atoms with E-state index in [-0.39, 0.29) is 0 Å². The van der Waals surface area contributed by atoms with Crippen LogP contribution >= 0.6 is 0 Å². The average molecular weight is 208 g/mol. The summed E-state index contributed by atoms with van der Waals surface area (Å²) in [6.45, 7) is 6.50. The van der Waals surface area contributed by atoms with Gasteiger partial charge in [0.05, 0.1) is 0 Å². The first-order chi connectivity index (χ1) is 7.17. The Bertz CT molecular complexity index is 260. The van der Waals surface area contributed by atoms with Crippen LogP contribution in [0.15, 0.2) is 27.9 Å². The minimum Gasteiger partial charge on any atom is -0.388 e. The van der Waals surface area contributed by atoms with Crippen molar-refractivity contribution in [1.29, 1.82) is 0 Å². The first kappa shape index (κ1) is 13.9. The molecule has 0 radical (unpaired) electrons. The van der Waals surface area contributed by atoms with Crippen molar-refractivity contribution in [2.24, 2.45) is 4.99 Å².